The molecule has 1 amide bonds. The van der Waals surface area contributed by atoms with Gasteiger partial charge in [-0.2, -0.15) is 0 Å². The molecule has 1 fully saturated rings. The predicted octanol–water partition coefficient (Wildman–Crippen LogP) is 3.27. The van der Waals surface area contributed by atoms with Crippen LogP contribution in [-0.2, 0) is 4.74 Å². The average molecular weight is 543 g/mol. The highest BCUT2D eigenvalue weighted by Crippen LogP contribution is 2.34. The summed E-state index contributed by atoms with van der Waals surface area (Å²) in [4.78, 5) is 22.9. The molecule has 1 aliphatic heterocycles. The highest BCUT2D eigenvalue weighted by atomic mass is 19.1. The zero-order chi connectivity index (χ0) is 28.1. The van der Waals surface area contributed by atoms with Gasteiger partial charge in [0.1, 0.15) is 36.2 Å². The molecular weight excluding hydrogens is 507 g/mol. The van der Waals surface area contributed by atoms with Gasteiger partial charge in [0, 0.05) is 24.2 Å². The van der Waals surface area contributed by atoms with Crippen LogP contribution in [0.25, 0.3) is 22.6 Å². The quantitative estimate of drug-likeness (QED) is 0.370. The van der Waals surface area contributed by atoms with Crippen LogP contribution in [0.15, 0.2) is 28.8 Å². The number of alkyl halides is 1. The zero-order valence-corrected chi connectivity index (χ0v) is 22.8. The Kier molecular flexibility index (Phi) is 8.97. The van der Waals surface area contributed by atoms with Crippen molar-refractivity contribution in [3.05, 3.63) is 41.3 Å². The summed E-state index contributed by atoms with van der Waals surface area (Å²) in [7, 11) is 3.04. The second kappa shape index (κ2) is 12.4. The van der Waals surface area contributed by atoms with E-state index in [0.29, 0.717) is 59.6 Å². The fourth-order valence-corrected chi connectivity index (χ4v) is 4.60. The van der Waals surface area contributed by atoms with E-state index in [-0.39, 0.29) is 13.2 Å². The number of halogens is 1. The first-order valence-electron chi connectivity index (χ1n) is 12.8. The molecule has 0 spiro atoms. The molecule has 0 saturated carbocycles. The van der Waals surface area contributed by atoms with Crippen LogP contribution in [0.5, 0.6) is 5.75 Å². The number of ether oxygens (including phenoxy) is 2. The van der Waals surface area contributed by atoms with E-state index in [0.717, 1.165) is 11.1 Å². The number of benzene rings is 1. The van der Waals surface area contributed by atoms with Gasteiger partial charge in [0.2, 0.25) is 0 Å². The van der Waals surface area contributed by atoms with E-state index >= 15 is 4.39 Å². The van der Waals surface area contributed by atoms with E-state index in [4.69, 9.17) is 24.0 Å². The third-order valence-electron chi connectivity index (χ3n) is 6.69. The maximum absolute atomic E-state index is 15.2. The van der Waals surface area contributed by atoms with Crippen molar-refractivity contribution >= 4 is 11.9 Å². The van der Waals surface area contributed by atoms with Crippen LogP contribution in [0.2, 0.25) is 0 Å². The Bertz CT molecular complexity index is 1280. The largest absolute Gasteiger partial charge is 0.491 e. The number of hydrogen-bond acceptors (Lipinski definition) is 10. The van der Waals surface area contributed by atoms with Gasteiger partial charge in [-0.15, -0.1) is 0 Å². The molecule has 39 heavy (non-hydrogen) atoms. The van der Waals surface area contributed by atoms with Crippen molar-refractivity contribution in [1.82, 2.24) is 25.3 Å². The third-order valence-corrected chi connectivity index (χ3v) is 6.69. The molecule has 12 heteroatoms. The second-order valence-corrected chi connectivity index (χ2v) is 9.59. The normalized spacial score (nSPS) is 18.1. The number of amides is 1. The molecular formula is C27H35FN6O5. The van der Waals surface area contributed by atoms with Crippen molar-refractivity contribution in [2.45, 2.75) is 45.5 Å². The number of likely N-dealkylation sites (N-methyl/N-ethyl adjacent to an activating group) is 1. The van der Waals surface area contributed by atoms with Gasteiger partial charge < -0.3 is 34.6 Å². The number of aliphatic hydroxyl groups excluding tert-OH is 1. The number of aliphatic hydroxyl groups is 1. The number of carbonyl (C=O) groups is 1. The van der Waals surface area contributed by atoms with Gasteiger partial charge in [-0.3, -0.25) is 0 Å². The molecule has 1 aromatic carbocycles. The van der Waals surface area contributed by atoms with Crippen molar-refractivity contribution in [1.29, 1.82) is 0 Å². The van der Waals surface area contributed by atoms with Crippen molar-refractivity contribution < 1.29 is 28.3 Å². The molecule has 1 aliphatic rings. The van der Waals surface area contributed by atoms with Crippen LogP contribution in [0.1, 0.15) is 23.4 Å². The molecule has 3 atom stereocenters. The summed E-state index contributed by atoms with van der Waals surface area (Å²) >= 11 is 0. The number of hydrogen-bond donors (Lipinski definition) is 3. The number of aromatic nitrogens is 3. The van der Waals surface area contributed by atoms with Crippen molar-refractivity contribution in [3.8, 4) is 28.4 Å². The second-order valence-electron chi connectivity index (χ2n) is 9.59. The summed E-state index contributed by atoms with van der Waals surface area (Å²) in [6.07, 6.45) is -2.14. The molecule has 3 aromatic rings. The average Bonchev–Trinajstić information content (AvgIpc) is 3.26. The van der Waals surface area contributed by atoms with E-state index in [9.17, 15) is 9.90 Å². The van der Waals surface area contributed by atoms with Crippen molar-refractivity contribution in [3.63, 3.8) is 0 Å². The number of anilines is 1. The first kappa shape index (κ1) is 28.2. The summed E-state index contributed by atoms with van der Waals surface area (Å²) in [5, 5.41) is 20.3. The molecule has 0 bridgehead atoms. The van der Waals surface area contributed by atoms with E-state index in [1.54, 1.807) is 19.2 Å². The van der Waals surface area contributed by atoms with Crippen LogP contribution in [0, 0.1) is 20.8 Å². The number of likely N-dealkylation sites (tertiary alicyclic amines) is 1. The molecule has 3 unspecified atom stereocenters. The van der Waals surface area contributed by atoms with Gasteiger partial charge in [0.25, 0.3) is 0 Å². The minimum Gasteiger partial charge on any atom is -0.491 e. The number of aryl methyl sites for hydroxylation is 2. The highest BCUT2D eigenvalue weighted by Gasteiger charge is 2.33. The summed E-state index contributed by atoms with van der Waals surface area (Å²) < 4.78 is 31.1. The monoisotopic (exact) mass is 542 g/mol. The number of rotatable bonds is 9. The Morgan fingerprint density at radius 1 is 1.31 bits per heavy atom. The lowest BCUT2D eigenvalue weighted by Crippen LogP contribution is -2.50. The Balaban J connectivity index is 1.68. The number of nitrogens with zero attached hydrogens (tertiary/aromatic N) is 4. The molecule has 0 radical (unpaired) electrons. The van der Waals surface area contributed by atoms with E-state index in [1.807, 2.05) is 32.9 Å². The fraction of sp³-hybridized carbons (Fsp3) is 0.481. The molecule has 3 N–H and O–H groups in total. The van der Waals surface area contributed by atoms with E-state index in [1.165, 1.54) is 12.0 Å². The topological polar surface area (TPSA) is 135 Å². The number of nitrogens with one attached hydrogen (secondary N) is 2. The molecule has 3 heterocycles. The molecule has 210 valence electrons. The van der Waals surface area contributed by atoms with E-state index < -0.39 is 24.4 Å². The maximum atomic E-state index is 15.2. The van der Waals surface area contributed by atoms with Gasteiger partial charge >= 0.3 is 6.09 Å². The molecule has 11 nitrogen and oxygen atoms in total. The highest BCUT2D eigenvalue weighted by molar-refractivity contribution is 5.75. The summed E-state index contributed by atoms with van der Waals surface area (Å²) in [5.41, 5.74) is 3.45. The van der Waals surface area contributed by atoms with Gasteiger partial charge in [-0.25, -0.2) is 19.2 Å². The molecule has 1 saturated heterocycles. The van der Waals surface area contributed by atoms with Gasteiger partial charge in [0.05, 0.1) is 36.6 Å². The number of piperidine rings is 1. The van der Waals surface area contributed by atoms with Crippen LogP contribution in [0.3, 0.4) is 0 Å². The fourth-order valence-electron chi connectivity index (χ4n) is 4.60. The minimum atomic E-state index is -1.32. The number of carbonyl (C=O) groups excluding carboxylic acids is 1. The first-order valence-corrected chi connectivity index (χ1v) is 12.8. The molecule has 4 rings (SSSR count). The Morgan fingerprint density at radius 3 is 2.77 bits per heavy atom. The van der Waals surface area contributed by atoms with Crippen molar-refractivity contribution in [2.24, 2.45) is 0 Å². The van der Waals surface area contributed by atoms with Gasteiger partial charge in [-0.1, -0.05) is 17.3 Å². The van der Waals surface area contributed by atoms with Crippen LogP contribution in [-0.4, -0.2) is 89.9 Å². The minimum absolute atomic E-state index is 0.0726. The van der Waals surface area contributed by atoms with Gasteiger partial charge in [-0.05, 0) is 46.4 Å². The smallest absolute Gasteiger partial charge is 0.409 e. The Hall–Kier alpha value is -3.77. The zero-order valence-electron chi connectivity index (χ0n) is 22.8. The van der Waals surface area contributed by atoms with Crippen molar-refractivity contribution in [2.75, 3.05) is 45.7 Å². The predicted molar refractivity (Wildman–Crippen MR) is 144 cm³/mol. The summed E-state index contributed by atoms with van der Waals surface area (Å²) in [5.74, 6) is 2.04. The summed E-state index contributed by atoms with van der Waals surface area (Å²) in [6, 6.07) is 6.70. The summed E-state index contributed by atoms with van der Waals surface area (Å²) in [6.45, 7) is 6.34. The Morgan fingerprint density at radius 2 is 2.10 bits per heavy atom. The SMILES string of the molecule is CNCC(O)COc1cccc(-c2nc(NC3CCN(C(=O)OC)CC3F)c(C)c(-c3c(C)noc3C)n2)c1. The molecule has 0 aliphatic carbocycles. The number of methoxy groups -OCH3 is 1. The maximum Gasteiger partial charge on any atom is 0.409 e. The first-order chi connectivity index (χ1) is 18.7. The van der Waals surface area contributed by atoms with E-state index in [2.05, 4.69) is 15.8 Å². The molecule has 2 aromatic heterocycles. The van der Waals surface area contributed by atoms with Crippen LogP contribution >= 0.6 is 0 Å². The third kappa shape index (κ3) is 6.45. The Labute approximate surface area is 226 Å². The lowest BCUT2D eigenvalue weighted by Gasteiger charge is -2.34. The standard InChI is InChI=1S/C27H35FN6O5/c1-15-24(23-16(2)33-39-17(23)3)31-26(18-7-6-8-20(11-18)38-14-19(35)12-29-4)32-25(15)30-22-9-10-34(13-21(22)28)27(36)37-5/h6-8,11,19,21-22,29,35H,9-10,12-14H2,1-5H3,(H,30,31,32). The van der Waals surface area contributed by atoms with Crippen LogP contribution in [0.4, 0.5) is 15.0 Å². The van der Waals surface area contributed by atoms with Gasteiger partial charge in [0.15, 0.2) is 5.82 Å². The lowest BCUT2D eigenvalue weighted by atomic mass is 10.0. The van der Waals surface area contributed by atoms with Crippen LogP contribution < -0.4 is 15.4 Å². The lowest BCUT2D eigenvalue weighted by molar-refractivity contribution is 0.0871.